The quantitative estimate of drug-likeness (QED) is 0.880. The monoisotopic (exact) mass is 302 g/mol. The largest absolute Gasteiger partial charge is 0.454 e. The van der Waals surface area contributed by atoms with Crippen molar-refractivity contribution in [2.75, 3.05) is 12.1 Å². The molecule has 0 spiro atoms. The van der Waals surface area contributed by atoms with E-state index in [0.29, 0.717) is 17.2 Å². The van der Waals surface area contributed by atoms with Gasteiger partial charge in [-0.15, -0.1) is 0 Å². The molecule has 1 aromatic carbocycles. The van der Waals surface area contributed by atoms with Gasteiger partial charge in [-0.25, -0.2) is 4.98 Å². The standard InChI is InChI=1S/C15H14N2O3S/c1-10(21-14-4-2-3-7-16-14)15(18)17-11-5-6-12-13(8-11)20-9-19-12/h2-8,10H,9H2,1H3,(H,17,18)/t10-/m0/s1. The third-order valence-corrected chi connectivity index (χ3v) is 4.00. The van der Waals surface area contributed by atoms with Gasteiger partial charge >= 0.3 is 0 Å². The molecule has 108 valence electrons. The van der Waals surface area contributed by atoms with Crippen molar-refractivity contribution in [1.29, 1.82) is 0 Å². The van der Waals surface area contributed by atoms with Crippen molar-refractivity contribution in [2.24, 2.45) is 0 Å². The Balaban J connectivity index is 1.63. The van der Waals surface area contributed by atoms with Crippen LogP contribution in [0.4, 0.5) is 5.69 Å². The normalized spacial score (nSPS) is 13.8. The van der Waals surface area contributed by atoms with E-state index in [1.54, 1.807) is 24.4 Å². The number of nitrogens with zero attached hydrogens (tertiary/aromatic N) is 1. The molecule has 0 radical (unpaired) electrons. The lowest BCUT2D eigenvalue weighted by Crippen LogP contribution is -2.22. The first-order valence-corrected chi connectivity index (χ1v) is 7.38. The number of hydrogen-bond acceptors (Lipinski definition) is 5. The predicted octanol–water partition coefficient (Wildman–Crippen LogP) is 2.93. The number of thioether (sulfide) groups is 1. The number of rotatable bonds is 4. The molecule has 1 aliphatic heterocycles. The van der Waals surface area contributed by atoms with Gasteiger partial charge in [-0.05, 0) is 31.2 Å². The molecular weight excluding hydrogens is 288 g/mol. The first kappa shape index (κ1) is 13.8. The highest BCUT2D eigenvalue weighted by Gasteiger charge is 2.17. The smallest absolute Gasteiger partial charge is 0.237 e. The number of carbonyl (C=O) groups excluding carboxylic acids is 1. The van der Waals surface area contributed by atoms with Gasteiger partial charge in [0.2, 0.25) is 12.7 Å². The van der Waals surface area contributed by atoms with Crippen LogP contribution in [0.1, 0.15) is 6.92 Å². The van der Waals surface area contributed by atoms with Gasteiger partial charge in [0.1, 0.15) is 0 Å². The number of benzene rings is 1. The Labute approximate surface area is 126 Å². The highest BCUT2D eigenvalue weighted by atomic mass is 32.2. The van der Waals surface area contributed by atoms with Gasteiger partial charge in [-0.3, -0.25) is 4.79 Å². The molecule has 1 N–H and O–H groups in total. The van der Waals surface area contributed by atoms with Crippen LogP contribution >= 0.6 is 11.8 Å². The van der Waals surface area contributed by atoms with Crippen LogP contribution in [0.25, 0.3) is 0 Å². The Bertz CT molecular complexity index is 649. The van der Waals surface area contributed by atoms with E-state index in [2.05, 4.69) is 10.3 Å². The van der Waals surface area contributed by atoms with Crippen molar-refractivity contribution < 1.29 is 14.3 Å². The van der Waals surface area contributed by atoms with Crippen LogP contribution in [0, 0.1) is 0 Å². The number of anilines is 1. The summed E-state index contributed by atoms with van der Waals surface area (Å²) in [4.78, 5) is 16.4. The first-order chi connectivity index (χ1) is 10.2. The molecule has 3 rings (SSSR count). The average molecular weight is 302 g/mol. The van der Waals surface area contributed by atoms with Crippen LogP contribution in [-0.2, 0) is 4.79 Å². The highest BCUT2D eigenvalue weighted by molar-refractivity contribution is 8.00. The fourth-order valence-electron chi connectivity index (χ4n) is 1.87. The van der Waals surface area contributed by atoms with E-state index in [4.69, 9.17) is 9.47 Å². The van der Waals surface area contributed by atoms with Crippen LogP contribution in [0.2, 0.25) is 0 Å². The molecule has 1 aromatic heterocycles. The minimum absolute atomic E-state index is 0.0791. The maximum atomic E-state index is 12.2. The molecule has 2 aromatic rings. The molecule has 0 unspecified atom stereocenters. The van der Waals surface area contributed by atoms with E-state index < -0.39 is 0 Å². The van der Waals surface area contributed by atoms with Crippen molar-refractivity contribution in [3.8, 4) is 11.5 Å². The summed E-state index contributed by atoms with van der Waals surface area (Å²) in [6.45, 7) is 2.07. The third-order valence-electron chi connectivity index (χ3n) is 2.94. The second kappa shape index (κ2) is 6.05. The molecule has 0 aliphatic carbocycles. The van der Waals surface area contributed by atoms with Crippen LogP contribution in [0.3, 0.4) is 0 Å². The summed E-state index contributed by atoms with van der Waals surface area (Å²) in [5, 5.41) is 3.45. The molecule has 1 atom stereocenters. The molecular formula is C15H14N2O3S. The van der Waals surface area contributed by atoms with Crippen molar-refractivity contribution in [2.45, 2.75) is 17.2 Å². The topological polar surface area (TPSA) is 60.5 Å². The maximum absolute atomic E-state index is 12.2. The van der Waals surface area contributed by atoms with Crippen molar-refractivity contribution in [3.05, 3.63) is 42.6 Å². The number of hydrogen-bond donors (Lipinski definition) is 1. The van der Waals surface area contributed by atoms with Gasteiger partial charge in [-0.2, -0.15) is 0 Å². The molecule has 21 heavy (non-hydrogen) atoms. The second-order valence-electron chi connectivity index (χ2n) is 4.49. The van der Waals surface area contributed by atoms with Crippen molar-refractivity contribution in [3.63, 3.8) is 0 Å². The van der Waals surface area contributed by atoms with Crippen LogP contribution in [0.5, 0.6) is 11.5 Å². The number of amides is 1. The zero-order valence-corrected chi connectivity index (χ0v) is 12.2. The molecule has 6 heteroatoms. The third kappa shape index (κ3) is 3.28. The van der Waals surface area contributed by atoms with E-state index in [1.165, 1.54) is 11.8 Å². The number of fused-ring (bicyclic) bond motifs is 1. The Morgan fingerprint density at radius 3 is 2.95 bits per heavy atom. The Morgan fingerprint density at radius 2 is 2.14 bits per heavy atom. The van der Waals surface area contributed by atoms with Gasteiger partial charge in [-0.1, -0.05) is 17.8 Å². The van der Waals surface area contributed by atoms with Gasteiger partial charge in [0, 0.05) is 18.0 Å². The summed E-state index contributed by atoms with van der Waals surface area (Å²) in [5.74, 6) is 1.27. The van der Waals surface area contributed by atoms with Crippen LogP contribution in [0.15, 0.2) is 47.6 Å². The molecule has 0 saturated heterocycles. The number of ether oxygens (including phenoxy) is 2. The summed E-state index contributed by atoms with van der Waals surface area (Å²) >= 11 is 1.42. The SMILES string of the molecule is C[C@H](Sc1ccccn1)C(=O)Nc1ccc2c(c1)OCO2. The summed E-state index contributed by atoms with van der Waals surface area (Å²) < 4.78 is 10.5. The number of carbonyl (C=O) groups is 1. The lowest BCUT2D eigenvalue weighted by Gasteiger charge is -2.11. The van der Waals surface area contributed by atoms with Crippen molar-refractivity contribution >= 4 is 23.4 Å². The summed E-state index contributed by atoms with van der Waals surface area (Å²) in [5.41, 5.74) is 0.692. The van der Waals surface area contributed by atoms with E-state index in [-0.39, 0.29) is 18.0 Å². The molecule has 0 bridgehead atoms. The number of aromatic nitrogens is 1. The predicted molar refractivity (Wildman–Crippen MR) is 80.8 cm³/mol. The fourth-order valence-corrected chi connectivity index (χ4v) is 2.68. The Kier molecular flexibility index (Phi) is 3.96. The minimum atomic E-state index is -0.245. The van der Waals surface area contributed by atoms with E-state index in [1.807, 2.05) is 25.1 Å². The summed E-state index contributed by atoms with van der Waals surface area (Å²) in [6.07, 6.45) is 1.71. The van der Waals surface area contributed by atoms with Gasteiger partial charge in [0.15, 0.2) is 11.5 Å². The van der Waals surface area contributed by atoms with Crippen molar-refractivity contribution in [1.82, 2.24) is 4.98 Å². The highest BCUT2D eigenvalue weighted by Crippen LogP contribution is 2.34. The molecule has 0 fully saturated rings. The van der Waals surface area contributed by atoms with Gasteiger partial charge in [0.05, 0.1) is 10.3 Å². The first-order valence-electron chi connectivity index (χ1n) is 6.50. The second-order valence-corrected chi connectivity index (χ2v) is 5.85. The summed E-state index contributed by atoms with van der Waals surface area (Å²) in [7, 11) is 0. The van der Waals surface area contributed by atoms with Gasteiger partial charge in [0.25, 0.3) is 0 Å². The number of pyridine rings is 1. The number of nitrogens with one attached hydrogen (secondary N) is 1. The van der Waals surface area contributed by atoms with E-state index in [9.17, 15) is 4.79 Å². The lowest BCUT2D eigenvalue weighted by atomic mass is 10.2. The molecule has 5 nitrogen and oxygen atoms in total. The molecule has 1 aliphatic rings. The average Bonchev–Trinajstić information content (AvgIpc) is 2.95. The fraction of sp³-hybridized carbons (Fsp3) is 0.200. The van der Waals surface area contributed by atoms with Crippen LogP contribution in [-0.4, -0.2) is 22.9 Å². The van der Waals surface area contributed by atoms with Crippen LogP contribution < -0.4 is 14.8 Å². The van der Waals surface area contributed by atoms with E-state index >= 15 is 0 Å². The minimum Gasteiger partial charge on any atom is -0.454 e. The zero-order valence-electron chi connectivity index (χ0n) is 11.4. The zero-order chi connectivity index (χ0) is 14.7. The summed E-state index contributed by atoms with van der Waals surface area (Å²) in [6, 6.07) is 11.0. The molecule has 0 saturated carbocycles. The van der Waals surface area contributed by atoms with Gasteiger partial charge < -0.3 is 14.8 Å². The molecule has 2 heterocycles. The van der Waals surface area contributed by atoms with E-state index in [0.717, 1.165) is 5.03 Å². The molecule has 1 amide bonds. The maximum Gasteiger partial charge on any atom is 0.237 e. The Hall–Kier alpha value is -2.21. The lowest BCUT2D eigenvalue weighted by molar-refractivity contribution is -0.115. The Morgan fingerprint density at radius 1 is 1.29 bits per heavy atom.